The zero-order valence-corrected chi connectivity index (χ0v) is 12.5. The summed E-state index contributed by atoms with van der Waals surface area (Å²) in [6.07, 6.45) is 1.60. The van der Waals surface area contributed by atoms with Crippen molar-refractivity contribution in [1.82, 2.24) is 5.32 Å². The van der Waals surface area contributed by atoms with E-state index in [4.69, 9.17) is 21.1 Å². The van der Waals surface area contributed by atoms with Gasteiger partial charge in [-0.3, -0.25) is 0 Å². The first-order chi connectivity index (χ1) is 9.65. The van der Waals surface area contributed by atoms with E-state index in [2.05, 4.69) is 5.32 Å². The standard InChI is InChI=1S/C15H21ClFNO2/c1-19-7-5-18-10-15(4-6-20-11-15)9-12-2-3-13(16)8-14(12)17/h2-3,8,18H,4-7,9-11H2,1H3. The van der Waals surface area contributed by atoms with Crippen LogP contribution in [0.2, 0.25) is 5.02 Å². The molecule has 1 saturated heterocycles. The first-order valence-corrected chi connectivity index (χ1v) is 7.24. The van der Waals surface area contributed by atoms with E-state index in [-0.39, 0.29) is 11.2 Å². The Bertz CT molecular complexity index is 436. The summed E-state index contributed by atoms with van der Waals surface area (Å²) in [7, 11) is 1.68. The summed E-state index contributed by atoms with van der Waals surface area (Å²) in [6.45, 7) is 3.67. The topological polar surface area (TPSA) is 30.5 Å². The SMILES string of the molecule is COCCNCC1(Cc2ccc(Cl)cc2F)CCOC1. The second kappa shape index (κ2) is 7.36. The van der Waals surface area contributed by atoms with E-state index in [9.17, 15) is 4.39 Å². The summed E-state index contributed by atoms with van der Waals surface area (Å²) in [5.41, 5.74) is 0.663. The molecule has 0 aromatic heterocycles. The van der Waals surface area contributed by atoms with E-state index in [1.165, 1.54) is 6.07 Å². The third kappa shape index (κ3) is 4.16. The van der Waals surface area contributed by atoms with E-state index in [0.29, 0.717) is 30.2 Å². The van der Waals surface area contributed by atoms with Crippen LogP contribution in [0.25, 0.3) is 0 Å². The smallest absolute Gasteiger partial charge is 0.127 e. The van der Waals surface area contributed by atoms with Crippen LogP contribution < -0.4 is 5.32 Å². The van der Waals surface area contributed by atoms with Crippen molar-refractivity contribution >= 4 is 11.6 Å². The molecule has 0 saturated carbocycles. The molecule has 1 N–H and O–H groups in total. The van der Waals surface area contributed by atoms with Crippen LogP contribution in [0.5, 0.6) is 0 Å². The van der Waals surface area contributed by atoms with E-state index in [1.807, 2.05) is 0 Å². The first-order valence-electron chi connectivity index (χ1n) is 6.87. The Morgan fingerprint density at radius 1 is 1.50 bits per heavy atom. The lowest BCUT2D eigenvalue weighted by molar-refractivity contribution is 0.144. The van der Waals surface area contributed by atoms with Crippen molar-refractivity contribution in [3.8, 4) is 0 Å². The number of ether oxygens (including phenoxy) is 2. The van der Waals surface area contributed by atoms with E-state index >= 15 is 0 Å². The third-order valence-electron chi connectivity index (χ3n) is 3.75. The summed E-state index contributed by atoms with van der Waals surface area (Å²) < 4.78 is 24.5. The lowest BCUT2D eigenvalue weighted by Crippen LogP contribution is -2.38. The minimum absolute atomic E-state index is 0.0393. The molecule has 2 rings (SSSR count). The van der Waals surface area contributed by atoms with Gasteiger partial charge >= 0.3 is 0 Å². The highest BCUT2D eigenvalue weighted by Gasteiger charge is 2.35. The quantitative estimate of drug-likeness (QED) is 0.786. The molecule has 5 heteroatoms. The Balaban J connectivity index is 2.01. The van der Waals surface area contributed by atoms with Crippen LogP contribution in [0.3, 0.4) is 0 Å². The van der Waals surface area contributed by atoms with Crippen molar-refractivity contribution in [3.63, 3.8) is 0 Å². The molecule has 1 aromatic carbocycles. The maximum absolute atomic E-state index is 14.0. The first kappa shape index (κ1) is 15.7. The molecule has 1 aromatic rings. The van der Waals surface area contributed by atoms with Crippen molar-refractivity contribution < 1.29 is 13.9 Å². The van der Waals surface area contributed by atoms with Gasteiger partial charge in [0.1, 0.15) is 5.82 Å². The number of halogens is 2. The average Bonchev–Trinajstić information content (AvgIpc) is 2.87. The van der Waals surface area contributed by atoms with Crippen LogP contribution in [0, 0.1) is 11.2 Å². The number of benzene rings is 1. The third-order valence-corrected chi connectivity index (χ3v) is 3.98. The molecule has 0 radical (unpaired) electrons. The normalized spacial score (nSPS) is 22.4. The van der Waals surface area contributed by atoms with Gasteiger partial charge < -0.3 is 14.8 Å². The molecule has 0 aliphatic carbocycles. The summed E-state index contributed by atoms with van der Waals surface area (Å²) in [6, 6.07) is 4.88. The van der Waals surface area contributed by atoms with Gasteiger partial charge in [0.2, 0.25) is 0 Å². The van der Waals surface area contributed by atoms with Gasteiger partial charge in [0.15, 0.2) is 0 Å². The molecule has 1 aliphatic rings. The maximum Gasteiger partial charge on any atom is 0.127 e. The van der Waals surface area contributed by atoms with Crippen LogP contribution in [-0.4, -0.2) is 40.0 Å². The van der Waals surface area contributed by atoms with E-state index in [1.54, 1.807) is 19.2 Å². The predicted molar refractivity (Wildman–Crippen MR) is 77.7 cm³/mol. The Morgan fingerprint density at radius 2 is 2.35 bits per heavy atom. The average molecular weight is 302 g/mol. The van der Waals surface area contributed by atoms with Crippen molar-refractivity contribution in [3.05, 3.63) is 34.6 Å². The monoisotopic (exact) mass is 301 g/mol. The highest BCUT2D eigenvalue weighted by atomic mass is 35.5. The molecular weight excluding hydrogens is 281 g/mol. The van der Waals surface area contributed by atoms with Crippen LogP contribution in [0.1, 0.15) is 12.0 Å². The van der Waals surface area contributed by atoms with Gasteiger partial charge in [-0.25, -0.2) is 4.39 Å². The predicted octanol–water partition coefficient (Wildman–Crippen LogP) is 2.66. The highest BCUT2D eigenvalue weighted by molar-refractivity contribution is 6.30. The Hall–Kier alpha value is -0.680. The van der Waals surface area contributed by atoms with Crippen molar-refractivity contribution in [2.24, 2.45) is 5.41 Å². The minimum Gasteiger partial charge on any atom is -0.383 e. The van der Waals surface area contributed by atoms with Crippen LogP contribution in [-0.2, 0) is 15.9 Å². The number of hydrogen-bond donors (Lipinski definition) is 1. The lowest BCUT2D eigenvalue weighted by atomic mass is 9.80. The minimum atomic E-state index is -0.235. The zero-order valence-electron chi connectivity index (χ0n) is 11.8. The molecule has 0 amide bonds. The second-order valence-corrected chi connectivity index (χ2v) is 5.82. The molecular formula is C15H21ClFNO2. The molecule has 3 nitrogen and oxygen atoms in total. The Kier molecular flexibility index (Phi) is 5.78. The number of rotatable bonds is 7. The fourth-order valence-corrected chi connectivity index (χ4v) is 2.75. The summed E-state index contributed by atoms with van der Waals surface area (Å²) in [5.74, 6) is -0.235. The molecule has 1 aliphatic heterocycles. The summed E-state index contributed by atoms with van der Waals surface area (Å²) in [5, 5.41) is 3.80. The van der Waals surface area contributed by atoms with Crippen molar-refractivity contribution in [1.29, 1.82) is 0 Å². The van der Waals surface area contributed by atoms with Crippen LogP contribution in [0.15, 0.2) is 18.2 Å². The fourth-order valence-electron chi connectivity index (χ4n) is 2.59. The maximum atomic E-state index is 14.0. The van der Waals surface area contributed by atoms with Crippen molar-refractivity contribution in [2.75, 3.05) is 40.0 Å². The summed E-state index contributed by atoms with van der Waals surface area (Å²) in [4.78, 5) is 0. The van der Waals surface area contributed by atoms with Crippen LogP contribution >= 0.6 is 11.6 Å². The lowest BCUT2D eigenvalue weighted by Gasteiger charge is -2.28. The number of methoxy groups -OCH3 is 1. The molecule has 20 heavy (non-hydrogen) atoms. The van der Waals surface area contributed by atoms with E-state index in [0.717, 1.165) is 26.1 Å². The van der Waals surface area contributed by atoms with E-state index < -0.39 is 0 Å². The molecule has 1 fully saturated rings. The number of hydrogen-bond acceptors (Lipinski definition) is 3. The van der Waals surface area contributed by atoms with Gasteiger partial charge in [-0.2, -0.15) is 0 Å². The molecule has 1 heterocycles. The van der Waals surface area contributed by atoms with Crippen molar-refractivity contribution in [2.45, 2.75) is 12.8 Å². The zero-order chi connectivity index (χ0) is 14.4. The molecule has 1 atom stereocenters. The summed E-state index contributed by atoms with van der Waals surface area (Å²) >= 11 is 5.80. The van der Waals surface area contributed by atoms with Crippen LogP contribution in [0.4, 0.5) is 4.39 Å². The molecule has 112 valence electrons. The molecule has 0 spiro atoms. The van der Waals surface area contributed by atoms with Gasteiger partial charge in [-0.1, -0.05) is 17.7 Å². The van der Waals surface area contributed by atoms with Gasteiger partial charge in [0.25, 0.3) is 0 Å². The fraction of sp³-hybridized carbons (Fsp3) is 0.600. The largest absolute Gasteiger partial charge is 0.383 e. The van der Waals surface area contributed by atoms with Gasteiger partial charge in [-0.05, 0) is 30.5 Å². The van der Waals surface area contributed by atoms with Gasteiger partial charge in [0.05, 0.1) is 13.2 Å². The van der Waals surface area contributed by atoms with Gasteiger partial charge in [-0.15, -0.1) is 0 Å². The highest BCUT2D eigenvalue weighted by Crippen LogP contribution is 2.33. The molecule has 1 unspecified atom stereocenters. The Morgan fingerprint density at radius 3 is 3.00 bits per heavy atom. The Labute approximate surface area is 124 Å². The van der Waals surface area contributed by atoms with Gasteiger partial charge in [0, 0.05) is 37.2 Å². The number of nitrogens with one attached hydrogen (secondary N) is 1. The molecule has 0 bridgehead atoms. The second-order valence-electron chi connectivity index (χ2n) is 5.38.